The number of hydrogen-bond acceptors (Lipinski definition) is 4. The molecule has 35 heavy (non-hydrogen) atoms. The Balaban J connectivity index is 1.97. The van der Waals surface area contributed by atoms with Crippen molar-refractivity contribution in [2.24, 2.45) is 5.92 Å². The van der Waals surface area contributed by atoms with Gasteiger partial charge in [0.15, 0.2) is 12.4 Å². The van der Waals surface area contributed by atoms with Crippen LogP contribution in [0.4, 0.5) is 20.2 Å². The van der Waals surface area contributed by atoms with Gasteiger partial charge in [-0.3, -0.25) is 4.79 Å². The van der Waals surface area contributed by atoms with Crippen molar-refractivity contribution in [2.45, 2.75) is 58.4 Å². The van der Waals surface area contributed by atoms with E-state index in [1.165, 1.54) is 18.2 Å². The van der Waals surface area contributed by atoms with Crippen molar-refractivity contribution in [3.63, 3.8) is 0 Å². The summed E-state index contributed by atoms with van der Waals surface area (Å²) < 4.78 is 35.0. The number of nitrogens with one attached hydrogen (secondary N) is 1. The number of hydrogen-bond donors (Lipinski definition) is 2. The smallest absolute Gasteiger partial charge is 0.341 e. The number of nitrogens with zero attached hydrogens (tertiary/aromatic N) is 1. The van der Waals surface area contributed by atoms with Crippen molar-refractivity contribution < 1.29 is 28.2 Å². The number of aliphatic carboxylic acids is 1. The lowest BCUT2D eigenvalue weighted by Gasteiger charge is -2.38. The fourth-order valence-corrected chi connectivity index (χ4v) is 4.59. The highest BCUT2D eigenvalue weighted by atomic mass is 35.5. The largest absolute Gasteiger partial charge is 0.482 e. The molecule has 0 radical (unpaired) electrons. The van der Waals surface area contributed by atoms with Gasteiger partial charge in [0.2, 0.25) is 5.91 Å². The molecule has 0 aliphatic heterocycles. The van der Waals surface area contributed by atoms with Crippen molar-refractivity contribution in [1.82, 2.24) is 0 Å². The van der Waals surface area contributed by atoms with Crippen molar-refractivity contribution in [2.75, 3.05) is 23.4 Å². The fourth-order valence-electron chi connectivity index (χ4n) is 4.43. The molecule has 0 aromatic heterocycles. The molecule has 1 aliphatic carbocycles. The number of anilines is 2. The van der Waals surface area contributed by atoms with Crippen LogP contribution in [-0.4, -0.2) is 36.2 Å². The van der Waals surface area contributed by atoms with Gasteiger partial charge in [-0.05, 0) is 36.5 Å². The number of carbonyl (C=O) groups excluding carboxylic acids is 1. The minimum atomic E-state index is -1.21. The van der Waals surface area contributed by atoms with Crippen molar-refractivity contribution in [3.8, 4) is 5.75 Å². The van der Waals surface area contributed by atoms with Crippen LogP contribution < -0.4 is 15.0 Å². The summed E-state index contributed by atoms with van der Waals surface area (Å²) in [6.45, 7) is 4.01. The van der Waals surface area contributed by atoms with Crippen LogP contribution in [0.3, 0.4) is 0 Å². The standard InChI is InChI=1S/C26H31ClF2N2O4/c1-16(2)14-31(19-6-4-3-5-7-19)26-22(29)12-20(35-15-25(33)34)13-23(26)30-24(32)10-17-8-9-18(27)11-21(17)28/h8-9,11-13,16,19H,3-7,10,14-15H2,1-2H3,(H,30,32)(H,33,34). The van der Waals surface area contributed by atoms with Crippen LogP contribution in [0.25, 0.3) is 0 Å². The molecular formula is C26H31ClF2N2O4. The van der Waals surface area contributed by atoms with Gasteiger partial charge in [0, 0.05) is 29.7 Å². The highest BCUT2D eigenvalue weighted by molar-refractivity contribution is 6.30. The summed E-state index contributed by atoms with van der Waals surface area (Å²) >= 11 is 5.80. The maximum Gasteiger partial charge on any atom is 0.341 e. The number of halogens is 3. The summed E-state index contributed by atoms with van der Waals surface area (Å²) in [4.78, 5) is 25.8. The lowest BCUT2D eigenvalue weighted by atomic mass is 9.92. The SMILES string of the molecule is CC(C)CN(c1c(F)cc(OCC(=O)O)cc1NC(=O)Cc1ccc(Cl)cc1F)C1CCCCC1. The monoisotopic (exact) mass is 508 g/mol. The average Bonchev–Trinajstić information content (AvgIpc) is 2.79. The molecule has 2 N–H and O–H groups in total. The molecule has 2 aromatic rings. The third-order valence-corrected chi connectivity index (χ3v) is 6.14. The Hall–Kier alpha value is -2.87. The zero-order chi connectivity index (χ0) is 25.5. The first-order chi connectivity index (χ1) is 16.6. The number of carbonyl (C=O) groups is 2. The molecular weight excluding hydrogens is 478 g/mol. The van der Waals surface area contributed by atoms with Crippen LogP contribution in [0.2, 0.25) is 5.02 Å². The van der Waals surface area contributed by atoms with Gasteiger partial charge in [0.25, 0.3) is 0 Å². The number of carboxylic acids is 1. The Bertz CT molecular complexity index is 1060. The van der Waals surface area contributed by atoms with Crippen LogP contribution in [0, 0.1) is 17.6 Å². The van der Waals surface area contributed by atoms with Gasteiger partial charge < -0.3 is 20.1 Å². The molecule has 6 nitrogen and oxygen atoms in total. The second-order valence-corrected chi connectivity index (χ2v) is 9.72. The van der Waals surface area contributed by atoms with Crippen LogP contribution >= 0.6 is 11.6 Å². The molecule has 1 saturated carbocycles. The lowest BCUT2D eigenvalue weighted by molar-refractivity contribution is -0.139. The maximum atomic E-state index is 15.6. The van der Waals surface area contributed by atoms with Gasteiger partial charge in [-0.25, -0.2) is 13.6 Å². The number of carboxylic acid groups (broad SMARTS) is 1. The second-order valence-electron chi connectivity index (χ2n) is 9.28. The quantitative estimate of drug-likeness (QED) is 0.408. The molecule has 0 atom stereocenters. The van der Waals surface area contributed by atoms with Crippen LogP contribution in [0.15, 0.2) is 30.3 Å². The van der Waals surface area contributed by atoms with E-state index in [1.807, 2.05) is 18.7 Å². The predicted octanol–water partition coefficient (Wildman–Crippen LogP) is 6.06. The molecule has 1 amide bonds. The molecule has 190 valence electrons. The van der Waals surface area contributed by atoms with E-state index >= 15 is 4.39 Å². The Kier molecular flexibility index (Phi) is 9.32. The molecule has 0 unspecified atom stereocenters. The van der Waals surface area contributed by atoms with E-state index in [9.17, 15) is 14.0 Å². The normalized spacial score (nSPS) is 14.1. The molecule has 0 heterocycles. The van der Waals surface area contributed by atoms with Gasteiger partial charge in [-0.1, -0.05) is 50.8 Å². The van der Waals surface area contributed by atoms with Gasteiger partial charge in [0.1, 0.15) is 11.6 Å². The van der Waals surface area contributed by atoms with E-state index in [-0.39, 0.29) is 46.1 Å². The van der Waals surface area contributed by atoms with Crippen molar-refractivity contribution in [1.29, 1.82) is 0 Å². The Morgan fingerprint density at radius 3 is 2.49 bits per heavy atom. The molecule has 1 fully saturated rings. The maximum absolute atomic E-state index is 15.6. The lowest BCUT2D eigenvalue weighted by Crippen LogP contribution is -2.40. The van der Waals surface area contributed by atoms with E-state index in [0.29, 0.717) is 6.54 Å². The van der Waals surface area contributed by atoms with E-state index in [2.05, 4.69) is 5.32 Å². The van der Waals surface area contributed by atoms with E-state index < -0.39 is 30.1 Å². The topological polar surface area (TPSA) is 78.9 Å². The third-order valence-electron chi connectivity index (χ3n) is 5.90. The van der Waals surface area contributed by atoms with Gasteiger partial charge >= 0.3 is 5.97 Å². The summed E-state index contributed by atoms with van der Waals surface area (Å²) in [5.74, 6) is -2.77. The number of ether oxygens (including phenoxy) is 1. The van der Waals surface area contributed by atoms with Crippen molar-refractivity contribution >= 4 is 34.9 Å². The molecule has 0 spiro atoms. The van der Waals surface area contributed by atoms with Gasteiger partial charge in [0.05, 0.1) is 17.8 Å². The molecule has 0 bridgehead atoms. The molecule has 0 saturated heterocycles. The summed E-state index contributed by atoms with van der Waals surface area (Å²) in [6.07, 6.45) is 4.75. The van der Waals surface area contributed by atoms with E-state index in [1.54, 1.807) is 0 Å². The zero-order valence-electron chi connectivity index (χ0n) is 20.0. The van der Waals surface area contributed by atoms with Crippen LogP contribution in [0.5, 0.6) is 5.75 Å². The molecule has 3 rings (SSSR count). The zero-order valence-corrected chi connectivity index (χ0v) is 20.7. The highest BCUT2D eigenvalue weighted by Crippen LogP contribution is 2.38. The average molecular weight is 509 g/mol. The van der Waals surface area contributed by atoms with Crippen LogP contribution in [-0.2, 0) is 16.0 Å². The first kappa shape index (κ1) is 26.7. The summed E-state index contributed by atoms with van der Waals surface area (Å²) in [5, 5.41) is 11.9. The second kappa shape index (κ2) is 12.2. The minimum absolute atomic E-state index is 0.0187. The van der Waals surface area contributed by atoms with Gasteiger partial charge in [-0.15, -0.1) is 0 Å². The summed E-state index contributed by atoms with van der Waals surface area (Å²) in [7, 11) is 0. The molecule has 9 heteroatoms. The van der Waals surface area contributed by atoms with E-state index in [4.69, 9.17) is 21.4 Å². The third kappa shape index (κ3) is 7.56. The highest BCUT2D eigenvalue weighted by Gasteiger charge is 2.28. The van der Waals surface area contributed by atoms with E-state index in [0.717, 1.165) is 44.2 Å². The Morgan fingerprint density at radius 1 is 1.14 bits per heavy atom. The first-order valence-electron chi connectivity index (χ1n) is 11.8. The number of benzene rings is 2. The Labute approximate surface area is 209 Å². The fraction of sp³-hybridized carbons (Fsp3) is 0.462. The predicted molar refractivity (Wildman–Crippen MR) is 132 cm³/mol. The first-order valence-corrected chi connectivity index (χ1v) is 12.2. The summed E-state index contributed by atoms with van der Waals surface area (Å²) in [6, 6.07) is 6.72. The number of rotatable bonds is 10. The van der Waals surface area contributed by atoms with Crippen molar-refractivity contribution in [3.05, 3.63) is 52.6 Å². The molecule has 2 aromatic carbocycles. The summed E-state index contributed by atoms with van der Waals surface area (Å²) in [5.41, 5.74) is 0.549. The minimum Gasteiger partial charge on any atom is -0.482 e. The number of amides is 1. The van der Waals surface area contributed by atoms with Gasteiger partial charge in [-0.2, -0.15) is 0 Å². The molecule has 1 aliphatic rings. The van der Waals surface area contributed by atoms with Crippen LogP contribution in [0.1, 0.15) is 51.5 Å². The Morgan fingerprint density at radius 2 is 1.86 bits per heavy atom.